The number of hydrogen-bond acceptors (Lipinski definition) is 4. The van der Waals surface area contributed by atoms with E-state index < -0.39 is 0 Å². The van der Waals surface area contributed by atoms with E-state index in [0.29, 0.717) is 5.92 Å². The highest BCUT2D eigenvalue weighted by Crippen LogP contribution is 2.34. The molecule has 0 bridgehead atoms. The molecule has 21 heavy (non-hydrogen) atoms. The molecule has 0 aliphatic heterocycles. The predicted octanol–water partition coefficient (Wildman–Crippen LogP) is 1.47. The third kappa shape index (κ3) is 2.37. The molecule has 2 aliphatic rings. The van der Waals surface area contributed by atoms with E-state index in [1.807, 2.05) is 0 Å². The van der Waals surface area contributed by atoms with Crippen LogP contribution in [0, 0.1) is 5.92 Å². The number of aromatic nitrogens is 2. The van der Waals surface area contributed by atoms with Crippen LogP contribution in [0.25, 0.3) is 10.2 Å². The van der Waals surface area contributed by atoms with Crippen LogP contribution < -0.4 is 10.9 Å². The molecule has 6 heteroatoms. The average molecular weight is 303 g/mol. The van der Waals surface area contributed by atoms with Crippen molar-refractivity contribution in [2.45, 2.75) is 38.6 Å². The second kappa shape index (κ2) is 4.94. The maximum Gasteiger partial charge on any atom is 0.262 e. The van der Waals surface area contributed by atoms with E-state index in [-0.39, 0.29) is 18.0 Å². The van der Waals surface area contributed by atoms with Gasteiger partial charge in [-0.2, -0.15) is 0 Å². The number of hydrogen-bond donors (Lipinski definition) is 1. The Kier molecular flexibility index (Phi) is 3.06. The van der Waals surface area contributed by atoms with Crippen molar-refractivity contribution in [1.29, 1.82) is 0 Å². The minimum atomic E-state index is -0.1000. The van der Waals surface area contributed by atoms with Crippen LogP contribution in [0.5, 0.6) is 0 Å². The van der Waals surface area contributed by atoms with E-state index in [1.54, 1.807) is 11.3 Å². The Hall–Kier alpha value is -1.69. The van der Waals surface area contributed by atoms with Crippen molar-refractivity contribution < 1.29 is 4.79 Å². The standard InChI is InChI=1S/C15H17N3O2S/c19-12(16-6-9-4-5-9)7-18-8-17-14-13(15(18)20)10-2-1-3-11(10)21-14/h8-9H,1-7H2,(H,16,19). The largest absolute Gasteiger partial charge is 0.354 e. The molecule has 5 nitrogen and oxygen atoms in total. The van der Waals surface area contributed by atoms with Gasteiger partial charge in [-0.1, -0.05) is 0 Å². The second-order valence-electron chi connectivity index (χ2n) is 5.96. The first kappa shape index (κ1) is 13.0. The quantitative estimate of drug-likeness (QED) is 0.930. The number of amides is 1. The Balaban J connectivity index is 1.61. The van der Waals surface area contributed by atoms with E-state index in [9.17, 15) is 9.59 Å². The van der Waals surface area contributed by atoms with Gasteiger partial charge in [-0.3, -0.25) is 14.2 Å². The summed E-state index contributed by atoms with van der Waals surface area (Å²) in [5.74, 6) is 0.545. The van der Waals surface area contributed by atoms with Gasteiger partial charge in [0.25, 0.3) is 5.56 Å². The molecule has 0 aromatic carbocycles. The number of rotatable bonds is 4. The molecular weight excluding hydrogens is 286 g/mol. The molecule has 2 aromatic rings. The smallest absolute Gasteiger partial charge is 0.262 e. The van der Waals surface area contributed by atoms with Gasteiger partial charge in [-0.25, -0.2) is 4.98 Å². The number of aryl methyl sites for hydroxylation is 2. The van der Waals surface area contributed by atoms with Crippen molar-refractivity contribution in [2.24, 2.45) is 5.92 Å². The summed E-state index contributed by atoms with van der Waals surface area (Å²) in [7, 11) is 0. The summed E-state index contributed by atoms with van der Waals surface area (Å²) in [4.78, 5) is 31.0. The highest BCUT2D eigenvalue weighted by molar-refractivity contribution is 7.18. The Morgan fingerprint density at radius 1 is 1.43 bits per heavy atom. The lowest BCUT2D eigenvalue weighted by Gasteiger charge is -2.06. The van der Waals surface area contributed by atoms with Crippen molar-refractivity contribution in [3.63, 3.8) is 0 Å². The summed E-state index contributed by atoms with van der Waals surface area (Å²) in [5, 5.41) is 3.63. The van der Waals surface area contributed by atoms with Gasteiger partial charge in [0, 0.05) is 11.4 Å². The van der Waals surface area contributed by atoms with E-state index in [4.69, 9.17) is 0 Å². The topological polar surface area (TPSA) is 64.0 Å². The third-order valence-corrected chi connectivity index (χ3v) is 5.49. The number of thiophene rings is 1. The molecular formula is C15H17N3O2S. The maximum atomic E-state index is 12.6. The summed E-state index contributed by atoms with van der Waals surface area (Å²) < 4.78 is 1.44. The molecule has 0 atom stereocenters. The van der Waals surface area contributed by atoms with Crippen molar-refractivity contribution in [3.05, 3.63) is 27.1 Å². The number of fused-ring (bicyclic) bond motifs is 3. The molecule has 0 unspecified atom stereocenters. The lowest BCUT2D eigenvalue weighted by Crippen LogP contribution is -2.33. The third-order valence-electron chi connectivity index (χ3n) is 4.29. The van der Waals surface area contributed by atoms with Crippen LogP contribution in [0.3, 0.4) is 0 Å². The molecule has 0 spiro atoms. The van der Waals surface area contributed by atoms with Gasteiger partial charge < -0.3 is 5.32 Å². The van der Waals surface area contributed by atoms with Crippen LogP contribution in [-0.2, 0) is 24.2 Å². The number of carbonyl (C=O) groups is 1. The molecule has 0 saturated heterocycles. The highest BCUT2D eigenvalue weighted by Gasteiger charge is 2.23. The van der Waals surface area contributed by atoms with Gasteiger partial charge in [0.15, 0.2) is 0 Å². The van der Waals surface area contributed by atoms with Crippen LogP contribution >= 0.6 is 11.3 Å². The zero-order valence-corrected chi connectivity index (χ0v) is 12.5. The Bertz CT molecular complexity index is 773. The summed E-state index contributed by atoms with van der Waals surface area (Å²) in [6.07, 6.45) is 7.05. The normalized spacial score (nSPS) is 17.1. The minimum Gasteiger partial charge on any atom is -0.354 e. The summed E-state index contributed by atoms with van der Waals surface area (Å²) in [6, 6.07) is 0. The van der Waals surface area contributed by atoms with E-state index in [1.165, 1.54) is 34.2 Å². The molecule has 110 valence electrons. The fourth-order valence-corrected chi connectivity index (χ4v) is 4.14. The molecule has 2 aliphatic carbocycles. The molecule has 4 rings (SSSR count). The Morgan fingerprint density at radius 3 is 3.10 bits per heavy atom. The predicted molar refractivity (Wildman–Crippen MR) is 81.6 cm³/mol. The number of nitrogens with one attached hydrogen (secondary N) is 1. The number of nitrogens with zero attached hydrogens (tertiary/aromatic N) is 2. The SMILES string of the molecule is O=C(Cn1cnc2sc3c(c2c1=O)CCC3)NCC1CC1. The monoisotopic (exact) mass is 303 g/mol. The van der Waals surface area contributed by atoms with E-state index in [2.05, 4.69) is 10.3 Å². The fraction of sp³-hybridized carbons (Fsp3) is 0.533. The minimum absolute atomic E-state index is 0.0685. The number of carbonyl (C=O) groups excluding carboxylic acids is 1. The van der Waals surface area contributed by atoms with Gasteiger partial charge >= 0.3 is 0 Å². The first-order chi connectivity index (χ1) is 10.2. The molecule has 2 heterocycles. The lowest BCUT2D eigenvalue weighted by molar-refractivity contribution is -0.121. The first-order valence-electron chi connectivity index (χ1n) is 7.49. The summed E-state index contributed by atoms with van der Waals surface area (Å²) in [6.45, 7) is 0.802. The second-order valence-corrected chi connectivity index (χ2v) is 7.05. The van der Waals surface area contributed by atoms with Gasteiger partial charge in [-0.05, 0) is 43.6 Å². The van der Waals surface area contributed by atoms with Crippen molar-refractivity contribution in [3.8, 4) is 0 Å². The van der Waals surface area contributed by atoms with Gasteiger partial charge in [0.05, 0.1) is 11.7 Å². The van der Waals surface area contributed by atoms with Crippen LogP contribution in [0.2, 0.25) is 0 Å². The maximum absolute atomic E-state index is 12.6. The average Bonchev–Trinajstić information content (AvgIpc) is 3.07. The van der Waals surface area contributed by atoms with Crippen LogP contribution in [-0.4, -0.2) is 22.0 Å². The fourth-order valence-electron chi connectivity index (χ4n) is 2.92. The van der Waals surface area contributed by atoms with Crippen LogP contribution in [0.1, 0.15) is 29.7 Å². The molecule has 1 saturated carbocycles. The summed E-state index contributed by atoms with van der Waals surface area (Å²) >= 11 is 1.63. The highest BCUT2D eigenvalue weighted by atomic mass is 32.1. The molecule has 1 amide bonds. The van der Waals surface area contributed by atoms with Gasteiger partial charge in [0.1, 0.15) is 11.4 Å². The van der Waals surface area contributed by atoms with Crippen LogP contribution in [0.4, 0.5) is 0 Å². The zero-order chi connectivity index (χ0) is 14.4. The van der Waals surface area contributed by atoms with E-state index >= 15 is 0 Å². The first-order valence-corrected chi connectivity index (χ1v) is 8.30. The molecule has 0 radical (unpaired) electrons. The van der Waals surface area contributed by atoms with Crippen LogP contribution in [0.15, 0.2) is 11.1 Å². The van der Waals surface area contributed by atoms with Crippen molar-refractivity contribution in [2.75, 3.05) is 6.54 Å². The lowest BCUT2D eigenvalue weighted by atomic mass is 10.2. The van der Waals surface area contributed by atoms with Crippen molar-refractivity contribution in [1.82, 2.24) is 14.9 Å². The van der Waals surface area contributed by atoms with Gasteiger partial charge in [0.2, 0.25) is 5.91 Å². The van der Waals surface area contributed by atoms with Crippen molar-refractivity contribution >= 4 is 27.5 Å². The van der Waals surface area contributed by atoms with Gasteiger partial charge in [-0.15, -0.1) is 11.3 Å². The molecule has 1 N–H and O–H groups in total. The van der Waals surface area contributed by atoms with E-state index in [0.717, 1.165) is 36.0 Å². The molecule has 1 fully saturated rings. The Labute approximate surface area is 126 Å². The summed E-state index contributed by atoms with van der Waals surface area (Å²) in [5.41, 5.74) is 1.10. The Morgan fingerprint density at radius 2 is 2.29 bits per heavy atom. The zero-order valence-electron chi connectivity index (χ0n) is 11.7. The molecule has 2 aromatic heterocycles.